The Morgan fingerprint density at radius 3 is 2.59 bits per heavy atom. The Kier molecular flexibility index (Phi) is 5.92. The second kappa shape index (κ2) is 8.55. The molecule has 2 aromatic carbocycles. The number of hydrogen-bond acceptors (Lipinski definition) is 5. The van der Waals surface area contributed by atoms with Gasteiger partial charge in [-0.15, -0.1) is 0 Å². The van der Waals surface area contributed by atoms with E-state index >= 15 is 0 Å². The number of ether oxygens (including phenoxy) is 1. The predicted octanol–water partition coefficient (Wildman–Crippen LogP) is 3.70. The lowest BCUT2D eigenvalue weighted by Gasteiger charge is -2.35. The highest BCUT2D eigenvalue weighted by Crippen LogP contribution is 2.33. The van der Waals surface area contributed by atoms with Gasteiger partial charge in [0, 0.05) is 17.8 Å². The zero-order valence-electron chi connectivity index (χ0n) is 16.1. The van der Waals surface area contributed by atoms with Gasteiger partial charge >= 0.3 is 12.0 Å². The second-order valence-corrected chi connectivity index (χ2v) is 6.53. The number of allylic oxidation sites excluding steroid dienone is 1. The number of benzene rings is 2. The van der Waals surface area contributed by atoms with E-state index in [2.05, 4.69) is 5.32 Å². The van der Waals surface area contributed by atoms with Crippen LogP contribution in [0.1, 0.15) is 31.0 Å². The number of nitro groups is 1. The first-order valence-corrected chi connectivity index (χ1v) is 9.16. The van der Waals surface area contributed by atoms with Crippen LogP contribution in [0.25, 0.3) is 0 Å². The van der Waals surface area contributed by atoms with Gasteiger partial charge in [0.15, 0.2) is 0 Å². The van der Waals surface area contributed by atoms with Crippen molar-refractivity contribution in [3.63, 3.8) is 0 Å². The van der Waals surface area contributed by atoms with Gasteiger partial charge in [-0.2, -0.15) is 0 Å². The van der Waals surface area contributed by atoms with Crippen molar-refractivity contribution in [1.29, 1.82) is 0 Å². The molecule has 3 rings (SSSR count). The normalized spacial score (nSPS) is 16.4. The minimum Gasteiger partial charge on any atom is -0.463 e. The number of urea groups is 1. The van der Waals surface area contributed by atoms with Crippen LogP contribution in [-0.2, 0) is 16.1 Å². The van der Waals surface area contributed by atoms with E-state index in [1.807, 2.05) is 30.3 Å². The maximum atomic E-state index is 12.8. The van der Waals surface area contributed by atoms with E-state index in [0.29, 0.717) is 11.3 Å². The number of carbonyl (C=O) groups is 2. The minimum absolute atomic E-state index is 0.121. The van der Waals surface area contributed by atoms with Gasteiger partial charge in [-0.05, 0) is 25.0 Å². The summed E-state index contributed by atoms with van der Waals surface area (Å²) in [5.74, 6) is -0.570. The lowest BCUT2D eigenvalue weighted by atomic mass is 9.94. The Bertz CT molecular complexity index is 971. The topological polar surface area (TPSA) is 102 Å². The van der Waals surface area contributed by atoms with Gasteiger partial charge in [0.25, 0.3) is 5.69 Å². The van der Waals surface area contributed by atoms with E-state index in [1.165, 1.54) is 23.1 Å². The lowest BCUT2D eigenvalue weighted by molar-refractivity contribution is -0.384. The monoisotopic (exact) mass is 395 g/mol. The van der Waals surface area contributed by atoms with E-state index in [1.54, 1.807) is 19.9 Å². The third kappa shape index (κ3) is 4.26. The van der Waals surface area contributed by atoms with Crippen molar-refractivity contribution in [3.8, 4) is 0 Å². The Hall–Kier alpha value is -3.68. The number of amides is 2. The first-order valence-electron chi connectivity index (χ1n) is 9.16. The van der Waals surface area contributed by atoms with Crippen molar-refractivity contribution in [3.05, 3.63) is 87.1 Å². The van der Waals surface area contributed by atoms with Crippen molar-refractivity contribution >= 4 is 17.7 Å². The number of rotatable bonds is 6. The van der Waals surface area contributed by atoms with Crippen LogP contribution in [0.15, 0.2) is 65.9 Å². The molecule has 0 unspecified atom stereocenters. The minimum atomic E-state index is -0.839. The van der Waals surface area contributed by atoms with Crippen molar-refractivity contribution < 1.29 is 19.2 Å². The molecule has 1 N–H and O–H groups in total. The molecule has 0 radical (unpaired) electrons. The molecule has 1 atom stereocenters. The molecule has 0 saturated carbocycles. The van der Waals surface area contributed by atoms with Gasteiger partial charge < -0.3 is 10.1 Å². The highest BCUT2D eigenvalue weighted by atomic mass is 16.6. The highest BCUT2D eigenvalue weighted by Gasteiger charge is 2.36. The van der Waals surface area contributed by atoms with Gasteiger partial charge in [-0.3, -0.25) is 15.0 Å². The van der Waals surface area contributed by atoms with Gasteiger partial charge in [0.2, 0.25) is 0 Å². The molecule has 8 nitrogen and oxygen atoms in total. The molecule has 0 spiro atoms. The van der Waals surface area contributed by atoms with Gasteiger partial charge in [0.1, 0.15) is 0 Å². The summed E-state index contributed by atoms with van der Waals surface area (Å²) >= 11 is 0. The Morgan fingerprint density at radius 1 is 1.21 bits per heavy atom. The number of esters is 1. The number of nitrogens with one attached hydrogen (secondary N) is 1. The largest absolute Gasteiger partial charge is 0.463 e. The standard InChI is InChI=1S/C21H21N3O5/c1-3-29-20(25)18-14(2)23(13-15-8-5-4-6-9-15)21(26)22-19(18)16-10-7-11-17(12-16)24(27)28/h4-12,19H,3,13H2,1-2H3,(H,22,26)/t19-/m1/s1. The molecular formula is C21H21N3O5. The molecule has 2 amide bonds. The van der Waals surface area contributed by atoms with Crippen LogP contribution in [0.4, 0.5) is 10.5 Å². The first-order chi connectivity index (χ1) is 13.9. The molecule has 8 heteroatoms. The van der Waals surface area contributed by atoms with Crippen LogP contribution in [0, 0.1) is 10.1 Å². The fraction of sp³-hybridized carbons (Fsp3) is 0.238. The zero-order valence-corrected chi connectivity index (χ0v) is 16.1. The average molecular weight is 395 g/mol. The maximum Gasteiger partial charge on any atom is 0.338 e. The van der Waals surface area contributed by atoms with E-state index < -0.39 is 23.0 Å². The number of non-ortho nitro benzene ring substituents is 1. The molecule has 1 aliphatic heterocycles. The molecule has 0 fully saturated rings. The SMILES string of the molecule is CCOC(=O)C1=C(C)N(Cc2ccccc2)C(=O)N[C@@H]1c1cccc([N+](=O)[O-])c1. The molecule has 0 saturated heterocycles. The molecular weight excluding hydrogens is 374 g/mol. The summed E-state index contributed by atoms with van der Waals surface area (Å²) in [6.07, 6.45) is 0. The molecule has 0 bridgehead atoms. The van der Waals surface area contributed by atoms with Crippen molar-refractivity contribution in [2.45, 2.75) is 26.4 Å². The summed E-state index contributed by atoms with van der Waals surface area (Å²) in [7, 11) is 0. The quantitative estimate of drug-likeness (QED) is 0.456. The fourth-order valence-corrected chi connectivity index (χ4v) is 3.28. The molecule has 0 aromatic heterocycles. The maximum absolute atomic E-state index is 12.8. The Labute approximate surface area is 167 Å². The zero-order chi connectivity index (χ0) is 21.0. The smallest absolute Gasteiger partial charge is 0.338 e. The molecule has 150 valence electrons. The van der Waals surface area contributed by atoms with Gasteiger partial charge in [-0.1, -0.05) is 42.5 Å². The van der Waals surface area contributed by atoms with Crippen molar-refractivity contribution in [1.82, 2.24) is 10.2 Å². The summed E-state index contributed by atoms with van der Waals surface area (Å²) in [6, 6.07) is 14.0. The van der Waals surface area contributed by atoms with Crippen LogP contribution in [0.2, 0.25) is 0 Å². The van der Waals surface area contributed by atoms with Crippen LogP contribution < -0.4 is 5.32 Å². The number of carbonyl (C=O) groups excluding carboxylic acids is 2. The molecule has 2 aromatic rings. The molecule has 1 heterocycles. The predicted molar refractivity (Wildman–Crippen MR) is 106 cm³/mol. The summed E-state index contributed by atoms with van der Waals surface area (Å²) in [5.41, 5.74) is 1.92. The summed E-state index contributed by atoms with van der Waals surface area (Å²) in [6.45, 7) is 3.82. The van der Waals surface area contributed by atoms with E-state index in [4.69, 9.17) is 4.74 Å². The molecule has 1 aliphatic rings. The summed E-state index contributed by atoms with van der Waals surface area (Å²) in [5, 5.41) is 13.9. The molecule has 0 aliphatic carbocycles. The summed E-state index contributed by atoms with van der Waals surface area (Å²) < 4.78 is 5.21. The van der Waals surface area contributed by atoms with E-state index in [-0.39, 0.29) is 24.4 Å². The third-order valence-electron chi connectivity index (χ3n) is 4.69. The molecule has 29 heavy (non-hydrogen) atoms. The van der Waals surface area contributed by atoms with E-state index in [0.717, 1.165) is 5.56 Å². The average Bonchev–Trinajstić information content (AvgIpc) is 2.71. The third-order valence-corrected chi connectivity index (χ3v) is 4.69. The van der Waals surface area contributed by atoms with Crippen LogP contribution in [0.3, 0.4) is 0 Å². The number of nitro benzene ring substituents is 1. The fourth-order valence-electron chi connectivity index (χ4n) is 3.28. The highest BCUT2D eigenvalue weighted by molar-refractivity contribution is 5.95. The van der Waals surface area contributed by atoms with Crippen LogP contribution >= 0.6 is 0 Å². The number of nitrogens with zero attached hydrogens (tertiary/aromatic N) is 2. The lowest BCUT2D eigenvalue weighted by Crippen LogP contribution is -2.47. The van der Waals surface area contributed by atoms with Crippen LogP contribution in [-0.4, -0.2) is 28.4 Å². The van der Waals surface area contributed by atoms with E-state index in [9.17, 15) is 19.7 Å². The Morgan fingerprint density at radius 2 is 1.93 bits per heavy atom. The van der Waals surface area contributed by atoms with Crippen molar-refractivity contribution in [2.24, 2.45) is 0 Å². The van der Waals surface area contributed by atoms with Crippen LogP contribution in [0.5, 0.6) is 0 Å². The van der Waals surface area contributed by atoms with Crippen molar-refractivity contribution in [2.75, 3.05) is 6.61 Å². The first kappa shape index (κ1) is 20.1. The van der Waals surface area contributed by atoms with Gasteiger partial charge in [0.05, 0.1) is 29.7 Å². The Balaban J connectivity index is 2.05. The van der Waals surface area contributed by atoms with Gasteiger partial charge in [-0.25, -0.2) is 9.59 Å². The number of hydrogen-bond donors (Lipinski definition) is 1. The second-order valence-electron chi connectivity index (χ2n) is 6.53. The summed E-state index contributed by atoms with van der Waals surface area (Å²) in [4.78, 5) is 37.7.